The molecule has 0 spiro atoms. The summed E-state index contributed by atoms with van der Waals surface area (Å²) in [7, 11) is 0. The third-order valence-electron chi connectivity index (χ3n) is 3.02. The standard InChI is InChI=1S/C15H20N2O3/c1-4-12(10(2)3)17-15(20)14-11(6-5-9-16-14)7-8-13(18)19/h5-10,12H,4H2,1-3H3,(H,17,20)(H,18,19)/b8-7+. The normalized spacial score (nSPS) is 12.6. The molecule has 0 aliphatic rings. The number of aliphatic carboxylic acids is 1. The Bertz CT molecular complexity index is 510. The highest BCUT2D eigenvalue weighted by atomic mass is 16.4. The maximum absolute atomic E-state index is 12.2. The Morgan fingerprint density at radius 2 is 2.15 bits per heavy atom. The highest BCUT2D eigenvalue weighted by Crippen LogP contribution is 2.11. The van der Waals surface area contributed by atoms with Gasteiger partial charge in [-0.05, 0) is 24.5 Å². The van der Waals surface area contributed by atoms with Crippen molar-refractivity contribution in [3.63, 3.8) is 0 Å². The maximum Gasteiger partial charge on any atom is 0.328 e. The minimum absolute atomic E-state index is 0.0702. The number of rotatable bonds is 6. The molecule has 5 heteroatoms. The third-order valence-corrected chi connectivity index (χ3v) is 3.02. The fraction of sp³-hybridized carbons (Fsp3) is 0.400. The number of hydrogen-bond acceptors (Lipinski definition) is 3. The van der Waals surface area contributed by atoms with Gasteiger partial charge in [0.1, 0.15) is 5.69 Å². The molecule has 2 N–H and O–H groups in total. The van der Waals surface area contributed by atoms with Gasteiger partial charge in [-0.2, -0.15) is 0 Å². The van der Waals surface area contributed by atoms with Crippen LogP contribution in [0.3, 0.4) is 0 Å². The van der Waals surface area contributed by atoms with Crippen molar-refractivity contribution in [3.8, 4) is 0 Å². The van der Waals surface area contributed by atoms with Crippen molar-refractivity contribution in [1.82, 2.24) is 10.3 Å². The van der Waals surface area contributed by atoms with E-state index in [4.69, 9.17) is 5.11 Å². The second kappa shape index (κ2) is 7.43. The largest absolute Gasteiger partial charge is 0.478 e. The summed E-state index contributed by atoms with van der Waals surface area (Å²) in [4.78, 5) is 26.8. The smallest absolute Gasteiger partial charge is 0.328 e. The number of carbonyl (C=O) groups excluding carboxylic acids is 1. The highest BCUT2D eigenvalue weighted by Gasteiger charge is 2.17. The third kappa shape index (κ3) is 4.50. The van der Waals surface area contributed by atoms with E-state index in [2.05, 4.69) is 10.3 Å². The Morgan fingerprint density at radius 3 is 2.70 bits per heavy atom. The Hall–Kier alpha value is -2.17. The van der Waals surface area contributed by atoms with Crippen LogP contribution in [0.4, 0.5) is 0 Å². The van der Waals surface area contributed by atoms with Crippen LogP contribution in [0.1, 0.15) is 43.2 Å². The molecule has 0 bridgehead atoms. The number of nitrogens with zero attached hydrogens (tertiary/aromatic N) is 1. The topological polar surface area (TPSA) is 79.3 Å². The molecule has 5 nitrogen and oxygen atoms in total. The van der Waals surface area contributed by atoms with Gasteiger partial charge in [0.25, 0.3) is 5.91 Å². The van der Waals surface area contributed by atoms with Gasteiger partial charge in [0.2, 0.25) is 0 Å². The molecule has 1 aromatic rings. The van der Waals surface area contributed by atoms with E-state index in [0.29, 0.717) is 11.5 Å². The van der Waals surface area contributed by atoms with E-state index in [1.807, 2.05) is 20.8 Å². The Morgan fingerprint density at radius 1 is 1.45 bits per heavy atom. The van der Waals surface area contributed by atoms with Gasteiger partial charge in [0, 0.05) is 23.9 Å². The lowest BCUT2D eigenvalue weighted by atomic mass is 10.0. The van der Waals surface area contributed by atoms with Gasteiger partial charge in [-0.3, -0.25) is 9.78 Å². The summed E-state index contributed by atoms with van der Waals surface area (Å²) in [5, 5.41) is 11.6. The van der Waals surface area contributed by atoms with Crippen molar-refractivity contribution in [2.75, 3.05) is 0 Å². The van der Waals surface area contributed by atoms with Gasteiger partial charge in [-0.1, -0.05) is 26.8 Å². The summed E-state index contributed by atoms with van der Waals surface area (Å²) in [6, 6.07) is 3.40. The molecule has 1 heterocycles. The first-order chi connectivity index (χ1) is 9.45. The van der Waals surface area contributed by atoms with Crippen LogP contribution >= 0.6 is 0 Å². The van der Waals surface area contributed by atoms with Crippen LogP contribution in [0.25, 0.3) is 6.08 Å². The molecule has 0 saturated carbocycles. The monoisotopic (exact) mass is 276 g/mol. The van der Waals surface area contributed by atoms with Crippen molar-refractivity contribution >= 4 is 18.0 Å². The fourth-order valence-electron chi connectivity index (χ4n) is 1.88. The van der Waals surface area contributed by atoms with E-state index >= 15 is 0 Å². The van der Waals surface area contributed by atoms with Crippen LogP contribution in [0.5, 0.6) is 0 Å². The molecule has 0 aromatic carbocycles. The number of amides is 1. The summed E-state index contributed by atoms with van der Waals surface area (Å²) in [6.45, 7) is 6.09. The van der Waals surface area contributed by atoms with Gasteiger partial charge in [-0.15, -0.1) is 0 Å². The molecule has 0 aliphatic heterocycles. The quantitative estimate of drug-likeness (QED) is 0.782. The lowest BCUT2D eigenvalue weighted by Gasteiger charge is -2.20. The number of nitrogens with one attached hydrogen (secondary N) is 1. The summed E-state index contributed by atoms with van der Waals surface area (Å²) in [5.74, 6) is -1.02. The average Bonchev–Trinajstić information content (AvgIpc) is 2.42. The molecule has 0 fully saturated rings. The minimum atomic E-state index is -1.06. The molecule has 1 atom stereocenters. The second-order valence-electron chi connectivity index (χ2n) is 4.85. The van der Waals surface area contributed by atoms with Crippen molar-refractivity contribution in [2.24, 2.45) is 5.92 Å². The molecule has 0 aliphatic carbocycles. The molecular formula is C15H20N2O3. The summed E-state index contributed by atoms with van der Waals surface area (Å²) in [5.41, 5.74) is 0.732. The second-order valence-corrected chi connectivity index (χ2v) is 4.85. The first kappa shape index (κ1) is 15.9. The summed E-state index contributed by atoms with van der Waals surface area (Å²) >= 11 is 0. The summed E-state index contributed by atoms with van der Waals surface area (Å²) < 4.78 is 0. The van der Waals surface area contributed by atoms with Gasteiger partial charge in [0.15, 0.2) is 0 Å². The molecule has 1 rings (SSSR count). The van der Waals surface area contributed by atoms with E-state index in [1.165, 1.54) is 12.3 Å². The number of carbonyl (C=O) groups is 2. The van der Waals surface area contributed by atoms with Crippen LogP contribution in [-0.4, -0.2) is 28.0 Å². The zero-order valence-corrected chi connectivity index (χ0v) is 12.0. The molecule has 0 saturated heterocycles. The molecule has 108 valence electrons. The fourth-order valence-corrected chi connectivity index (χ4v) is 1.88. The lowest BCUT2D eigenvalue weighted by molar-refractivity contribution is -0.131. The number of carboxylic acids is 1. The molecule has 1 aromatic heterocycles. The van der Waals surface area contributed by atoms with Crippen molar-refractivity contribution in [2.45, 2.75) is 33.2 Å². The molecule has 0 radical (unpaired) electrons. The van der Waals surface area contributed by atoms with Crippen molar-refractivity contribution in [1.29, 1.82) is 0 Å². The SMILES string of the molecule is CCC(NC(=O)c1ncccc1/C=C/C(=O)O)C(C)C. The molecule has 1 amide bonds. The molecule has 20 heavy (non-hydrogen) atoms. The predicted molar refractivity (Wildman–Crippen MR) is 77.3 cm³/mol. The molecular weight excluding hydrogens is 256 g/mol. The molecule has 1 unspecified atom stereocenters. The maximum atomic E-state index is 12.2. The average molecular weight is 276 g/mol. The number of pyridine rings is 1. The van der Waals surface area contributed by atoms with E-state index < -0.39 is 5.97 Å². The number of carboxylic acid groups (broad SMARTS) is 1. The van der Waals surface area contributed by atoms with Crippen LogP contribution in [-0.2, 0) is 4.79 Å². The zero-order valence-electron chi connectivity index (χ0n) is 12.0. The van der Waals surface area contributed by atoms with Gasteiger partial charge in [0.05, 0.1) is 0 Å². The Balaban J connectivity index is 2.95. The van der Waals surface area contributed by atoms with Crippen molar-refractivity contribution in [3.05, 3.63) is 35.7 Å². The van der Waals surface area contributed by atoms with Gasteiger partial charge < -0.3 is 10.4 Å². The summed E-state index contributed by atoms with van der Waals surface area (Å²) in [6.07, 6.45) is 4.72. The zero-order chi connectivity index (χ0) is 15.1. The first-order valence-electron chi connectivity index (χ1n) is 6.62. The van der Waals surface area contributed by atoms with E-state index in [0.717, 1.165) is 12.5 Å². The first-order valence-corrected chi connectivity index (χ1v) is 6.62. The van der Waals surface area contributed by atoms with Crippen LogP contribution in [0.15, 0.2) is 24.4 Å². The van der Waals surface area contributed by atoms with Gasteiger partial charge >= 0.3 is 5.97 Å². The van der Waals surface area contributed by atoms with Crippen LogP contribution in [0, 0.1) is 5.92 Å². The number of aromatic nitrogens is 1. The Labute approximate surface area is 118 Å². The van der Waals surface area contributed by atoms with E-state index in [1.54, 1.807) is 12.1 Å². The van der Waals surface area contributed by atoms with Gasteiger partial charge in [-0.25, -0.2) is 4.79 Å². The van der Waals surface area contributed by atoms with Crippen LogP contribution < -0.4 is 5.32 Å². The Kier molecular flexibility index (Phi) is 5.90. The predicted octanol–water partition coefficient (Wildman–Crippen LogP) is 2.34. The highest BCUT2D eigenvalue weighted by molar-refractivity contribution is 5.97. The lowest BCUT2D eigenvalue weighted by Crippen LogP contribution is -2.38. The van der Waals surface area contributed by atoms with E-state index in [-0.39, 0.29) is 17.6 Å². The minimum Gasteiger partial charge on any atom is -0.478 e. The number of hydrogen-bond donors (Lipinski definition) is 2. The van der Waals surface area contributed by atoms with E-state index in [9.17, 15) is 9.59 Å². The van der Waals surface area contributed by atoms with Crippen molar-refractivity contribution < 1.29 is 14.7 Å². The van der Waals surface area contributed by atoms with Crippen LogP contribution in [0.2, 0.25) is 0 Å².